The van der Waals surface area contributed by atoms with Crippen molar-refractivity contribution in [3.63, 3.8) is 0 Å². The summed E-state index contributed by atoms with van der Waals surface area (Å²) in [5, 5.41) is 17.5. The van der Waals surface area contributed by atoms with Crippen molar-refractivity contribution in [2.75, 3.05) is 13.7 Å². The van der Waals surface area contributed by atoms with Gasteiger partial charge in [-0.1, -0.05) is 11.6 Å². The number of benzene rings is 1. The molecule has 23 heavy (non-hydrogen) atoms. The number of carbonyl (C=O) groups is 2. The molecule has 0 aromatic heterocycles. The minimum atomic E-state index is -0.838. The van der Waals surface area contributed by atoms with Crippen molar-refractivity contribution in [1.82, 2.24) is 0 Å². The van der Waals surface area contributed by atoms with Crippen LogP contribution in [-0.2, 0) is 14.3 Å². The lowest BCUT2D eigenvalue weighted by Crippen LogP contribution is -2.14. The summed E-state index contributed by atoms with van der Waals surface area (Å²) in [6, 6.07) is 6.70. The predicted molar refractivity (Wildman–Crippen MR) is 82.6 cm³/mol. The van der Waals surface area contributed by atoms with Crippen molar-refractivity contribution in [3.05, 3.63) is 33.9 Å². The van der Waals surface area contributed by atoms with E-state index in [1.807, 2.05) is 12.1 Å². The van der Waals surface area contributed by atoms with Crippen LogP contribution in [0.25, 0.3) is 6.08 Å². The lowest BCUT2D eigenvalue weighted by Gasteiger charge is -2.10. The van der Waals surface area contributed by atoms with Gasteiger partial charge in [-0.15, -0.1) is 0 Å². The molecule has 1 rings (SSSR count). The van der Waals surface area contributed by atoms with Gasteiger partial charge in [0.25, 0.3) is 0 Å². The molecule has 0 aliphatic rings. The van der Waals surface area contributed by atoms with Crippen LogP contribution in [0.3, 0.4) is 0 Å². The van der Waals surface area contributed by atoms with Gasteiger partial charge in [0.2, 0.25) is 0 Å². The van der Waals surface area contributed by atoms with E-state index in [0.29, 0.717) is 5.56 Å². The highest BCUT2D eigenvalue weighted by Gasteiger charge is 2.19. The third-order valence-electron chi connectivity index (χ3n) is 2.80. The number of rotatable bonds is 6. The summed E-state index contributed by atoms with van der Waals surface area (Å²) >= 11 is 6.05. The molecule has 0 aliphatic heterocycles. The molecule has 1 aromatic carbocycles. The summed E-state index contributed by atoms with van der Waals surface area (Å²) in [7, 11) is 1.36. The number of carbonyl (C=O) groups excluding carboxylic acids is 2. The molecule has 118 valence electrons. The van der Waals surface area contributed by atoms with Gasteiger partial charge in [0, 0.05) is 5.56 Å². The van der Waals surface area contributed by atoms with Gasteiger partial charge in [0.15, 0.2) is 5.78 Å². The fraction of sp³-hybridized carbons (Fsp3) is 0.250. The smallest absolute Gasteiger partial charge is 0.341 e. The fourth-order valence-electron chi connectivity index (χ4n) is 1.71. The molecule has 7 heteroatoms. The summed E-state index contributed by atoms with van der Waals surface area (Å²) in [4.78, 5) is 23.6. The van der Waals surface area contributed by atoms with E-state index in [1.165, 1.54) is 32.2 Å². The Kier molecular flexibility index (Phi) is 6.79. The van der Waals surface area contributed by atoms with E-state index in [1.54, 1.807) is 0 Å². The average Bonchev–Trinajstić information content (AvgIpc) is 2.52. The van der Waals surface area contributed by atoms with Crippen molar-refractivity contribution in [2.24, 2.45) is 0 Å². The van der Waals surface area contributed by atoms with Crippen LogP contribution in [-0.4, -0.2) is 25.5 Å². The number of esters is 1. The van der Waals surface area contributed by atoms with Crippen molar-refractivity contribution >= 4 is 29.4 Å². The molecule has 0 spiro atoms. The number of methoxy groups -OCH3 is 1. The third kappa shape index (κ3) is 4.57. The van der Waals surface area contributed by atoms with Gasteiger partial charge in [-0.2, -0.15) is 10.5 Å². The van der Waals surface area contributed by atoms with Crippen LogP contribution >= 0.6 is 11.6 Å². The van der Waals surface area contributed by atoms with Crippen LogP contribution in [0.2, 0.25) is 5.02 Å². The molecule has 0 radical (unpaired) electrons. The van der Waals surface area contributed by atoms with Crippen LogP contribution in [0.1, 0.15) is 24.5 Å². The molecule has 0 bridgehead atoms. The maximum Gasteiger partial charge on any atom is 0.341 e. The second-order valence-electron chi connectivity index (χ2n) is 4.32. The highest BCUT2D eigenvalue weighted by Crippen LogP contribution is 2.33. The van der Waals surface area contributed by atoms with E-state index < -0.39 is 11.8 Å². The quantitative estimate of drug-likeness (QED) is 0.261. The number of ketones is 1. The molecule has 0 saturated carbocycles. The summed E-state index contributed by atoms with van der Waals surface area (Å²) in [5.74, 6) is -1.17. The molecule has 6 nitrogen and oxygen atoms in total. The molecule has 0 N–H and O–H groups in total. The van der Waals surface area contributed by atoms with Gasteiger partial charge in [-0.3, -0.25) is 4.79 Å². The first kappa shape index (κ1) is 18.2. The van der Waals surface area contributed by atoms with E-state index >= 15 is 0 Å². The number of nitrogens with zero attached hydrogens (tertiary/aromatic N) is 2. The Labute approximate surface area is 138 Å². The lowest BCUT2D eigenvalue weighted by molar-refractivity contribution is -0.140. The van der Waals surface area contributed by atoms with Crippen LogP contribution in [0.4, 0.5) is 0 Å². The maximum absolute atomic E-state index is 11.9. The highest BCUT2D eigenvalue weighted by atomic mass is 35.5. The predicted octanol–water partition coefficient (Wildman–Crippen LogP) is 2.65. The molecule has 0 atom stereocenters. The van der Waals surface area contributed by atoms with Gasteiger partial charge in [0.05, 0.1) is 25.2 Å². The van der Waals surface area contributed by atoms with Crippen LogP contribution in [0.15, 0.2) is 17.7 Å². The first-order valence-electron chi connectivity index (χ1n) is 6.49. The van der Waals surface area contributed by atoms with E-state index in [-0.39, 0.29) is 34.9 Å². The minimum absolute atomic E-state index is 0.0307. The molecule has 0 unspecified atom stereocenters. The number of ether oxygens (including phenoxy) is 2. The van der Waals surface area contributed by atoms with Crippen molar-refractivity contribution in [1.29, 1.82) is 10.5 Å². The zero-order valence-electron chi connectivity index (χ0n) is 12.6. The van der Waals surface area contributed by atoms with E-state index in [4.69, 9.17) is 31.6 Å². The Bertz CT molecular complexity index is 742. The second kappa shape index (κ2) is 8.57. The molecule has 0 fully saturated rings. The van der Waals surface area contributed by atoms with Crippen LogP contribution in [0, 0.1) is 22.7 Å². The second-order valence-corrected chi connectivity index (χ2v) is 4.70. The number of nitriles is 2. The highest BCUT2D eigenvalue weighted by molar-refractivity contribution is 6.33. The lowest BCUT2D eigenvalue weighted by atomic mass is 10.1. The van der Waals surface area contributed by atoms with E-state index in [2.05, 4.69) is 0 Å². The first-order valence-corrected chi connectivity index (χ1v) is 6.87. The number of hydrogen-bond donors (Lipinski definition) is 0. The Morgan fingerprint density at radius 1 is 1.35 bits per heavy atom. The van der Waals surface area contributed by atoms with Crippen LogP contribution in [0.5, 0.6) is 5.75 Å². The van der Waals surface area contributed by atoms with Crippen LogP contribution < -0.4 is 4.74 Å². The van der Waals surface area contributed by atoms with E-state index in [0.717, 1.165) is 0 Å². The van der Waals surface area contributed by atoms with Crippen molar-refractivity contribution in [3.8, 4) is 17.9 Å². The van der Waals surface area contributed by atoms with Gasteiger partial charge in [0.1, 0.15) is 29.0 Å². The average molecular weight is 333 g/mol. The number of hydrogen-bond acceptors (Lipinski definition) is 6. The fourth-order valence-corrected chi connectivity index (χ4v) is 2.00. The molecule has 0 aliphatic carbocycles. The van der Waals surface area contributed by atoms with Crippen molar-refractivity contribution < 1.29 is 19.1 Å². The van der Waals surface area contributed by atoms with Gasteiger partial charge in [-0.25, -0.2) is 4.79 Å². The largest absolute Gasteiger partial charge is 0.495 e. The molecule has 1 aromatic rings. The Morgan fingerprint density at radius 2 is 2.04 bits per heavy atom. The molecule has 0 saturated heterocycles. The summed E-state index contributed by atoms with van der Waals surface area (Å²) < 4.78 is 9.99. The Balaban J connectivity index is 3.27. The Hall–Kier alpha value is -2.83. The monoisotopic (exact) mass is 332 g/mol. The van der Waals surface area contributed by atoms with Crippen molar-refractivity contribution in [2.45, 2.75) is 13.3 Å². The van der Waals surface area contributed by atoms with Gasteiger partial charge < -0.3 is 9.47 Å². The summed E-state index contributed by atoms with van der Waals surface area (Å²) in [6.07, 6.45) is 1.31. The number of halogens is 1. The molecule has 0 heterocycles. The third-order valence-corrected chi connectivity index (χ3v) is 3.17. The maximum atomic E-state index is 11.9. The Morgan fingerprint density at radius 3 is 2.57 bits per heavy atom. The normalized spacial score (nSPS) is 10.4. The topological polar surface area (TPSA) is 100 Å². The zero-order chi connectivity index (χ0) is 17.4. The molecule has 0 amide bonds. The van der Waals surface area contributed by atoms with Gasteiger partial charge >= 0.3 is 5.97 Å². The summed E-state index contributed by atoms with van der Waals surface area (Å²) in [6.45, 7) is 1.11. The standard InChI is InChI=1S/C16H13ClN2O4/c1-10(20)13(16(21)23-7-3-6-18)8-11-4-5-12(9-19)14(17)15(11)22-2/h4-5,8H,3,7H2,1-2H3/b13-8+. The zero-order valence-corrected chi connectivity index (χ0v) is 13.3. The molecular weight excluding hydrogens is 320 g/mol. The van der Waals surface area contributed by atoms with E-state index in [9.17, 15) is 9.59 Å². The summed E-state index contributed by atoms with van der Waals surface area (Å²) in [5.41, 5.74) is 0.364. The minimum Gasteiger partial charge on any atom is -0.495 e. The number of Topliss-reactive ketones (excluding diaryl/α,β-unsaturated/α-hetero) is 1. The van der Waals surface area contributed by atoms with Gasteiger partial charge in [-0.05, 0) is 25.1 Å². The first-order chi connectivity index (χ1) is 11.0. The molecular formula is C16H13ClN2O4. The SMILES string of the molecule is COc1c(/C=C(\C(C)=O)C(=O)OCCC#N)ccc(C#N)c1Cl.